The average Bonchev–Trinajstić information content (AvgIpc) is 2.52. The van der Waals surface area contributed by atoms with E-state index in [9.17, 15) is 0 Å². The zero-order chi connectivity index (χ0) is 10.4. The summed E-state index contributed by atoms with van der Waals surface area (Å²) in [7, 11) is 3.98. The Morgan fingerprint density at radius 1 is 1.43 bits per heavy atom. The highest BCUT2D eigenvalue weighted by atomic mass is 16.5. The lowest BCUT2D eigenvalue weighted by atomic mass is 9.98. The minimum atomic E-state index is 0.833. The van der Waals surface area contributed by atoms with Gasteiger partial charge < -0.3 is 15.0 Å². The van der Waals surface area contributed by atoms with Crippen LogP contribution in [-0.4, -0.2) is 51.8 Å². The Morgan fingerprint density at radius 3 is 2.79 bits per heavy atom. The first-order chi connectivity index (χ1) is 6.74. The molecule has 1 rings (SSSR count). The van der Waals surface area contributed by atoms with E-state index >= 15 is 0 Å². The van der Waals surface area contributed by atoms with Gasteiger partial charge in [0.05, 0.1) is 0 Å². The lowest BCUT2D eigenvalue weighted by molar-refractivity contribution is 0.172. The van der Waals surface area contributed by atoms with Crippen LogP contribution in [0.4, 0.5) is 0 Å². The van der Waals surface area contributed by atoms with E-state index in [1.807, 2.05) is 0 Å². The number of ether oxygens (including phenoxy) is 1. The van der Waals surface area contributed by atoms with E-state index in [2.05, 4.69) is 24.2 Å². The average molecular weight is 200 g/mol. The highest BCUT2D eigenvalue weighted by Crippen LogP contribution is 2.16. The zero-order valence-electron chi connectivity index (χ0n) is 9.75. The predicted octanol–water partition coefficient (Wildman–Crippen LogP) is 0.810. The van der Waals surface area contributed by atoms with Crippen molar-refractivity contribution in [3.63, 3.8) is 0 Å². The van der Waals surface area contributed by atoms with Crippen molar-refractivity contribution in [2.75, 3.05) is 46.9 Å². The molecule has 0 aromatic rings. The third kappa shape index (κ3) is 3.95. The molecule has 0 aromatic heterocycles. The molecule has 1 N–H and O–H groups in total. The van der Waals surface area contributed by atoms with E-state index in [4.69, 9.17) is 4.74 Å². The van der Waals surface area contributed by atoms with Gasteiger partial charge in [-0.2, -0.15) is 0 Å². The Bertz CT molecular complexity index is 152. The van der Waals surface area contributed by atoms with Crippen LogP contribution in [-0.2, 0) is 4.74 Å². The minimum Gasteiger partial charge on any atom is -0.385 e. The number of nitrogens with zero attached hydrogens (tertiary/aromatic N) is 1. The van der Waals surface area contributed by atoms with Gasteiger partial charge >= 0.3 is 0 Å². The maximum absolute atomic E-state index is 5.04. The summed E-state index contributed by atoms with van der Waals surface area (Å²) in [5.74, 6) is 1.67. The fourth-order valence-electron chi connectivity index (χ4n) is 2.08. The largest absolute Gasteiger partial charge is 0.385 e. The van der Waals surface area contributed by atoms with Crippen molar-refractivity contribution in [3.05, 3.63) is 0 Å². The van der Waals surface area contributed by atoms with Gasteiger partial charge in [0.1, 0.15) is 0 Å². The van der Waals surface area contributed by atoms with Gasteiger partial charge in [0.25, 0.3) is 0 Å². The Morgan fingerprint density at radius 2 is 2.21 bits per heavy atom. The van der Waals surface area contributed by atoms with Gasteiger partial charge in [0.15, 0.2) is 0 Å². The van der Waals surface area contributed by atoms with E-state index in [1.165, 1.54) is 19.6 Å². The van der Waals surface area contributed by atoms with Gasteiger partial charge in [-0.15, -0.1) is 0 Å². The van der Waals surface area contributed by atoms with Gasteiger partial charge in [-0.1, -0.05) is 6.92 Å². The molecule has 0 spiro atoms. The van der Waals surface area contributed by atoms with E-state index in [0.29, 0.717) is 0 Å². The SMILES string of the molecule is COCCCN(C)CC1CNCC1C. The second-order valence-corrected chi connectivity index (χ2v) is 4.50. The van der Waals surface area contributed by atoms with Crippen molar-refractivity contribution < 1.29 is 4.74 Å². The summed E-state index contributed by atoms with van der Waals surface area (Å²) in [4.78, 5) is 2.42. The van der Waals surface area contributed by atoms with Crippen LogP contribution < -0.4 is 5.32 Å². The van der Waals surface area contributed by atoms with Crippen molar-refractivity contribution >= 4 is 0 Å². The number of hydrogen-bond donors (Lipinski definition) is 1. The second kappa shape index (κ2) is 6.38. The van der Waals surface area contributed by atoms with E-state index in [0.717, 1.165) is 31.4 Å². The molecule has 1 heterocycles. The molecule has 1 aliphatic rings. The Hall–Kier alpha value is -0.120. The molecule has 0 amide bonds. The first-order valence-corrected chi connectivity index (χ1v) is 5.62. The Labute approximate surface area is 87.8 Å². The van der Waals surface area contributed by atoms with E-state index in [1.54, 1.807) is 7.11 Å². The molecule has 0 bridgehead atoms. The van der Waals surface area contributed by atoms with Crippen LogP contribution in [0.5, 0.6) is 0 Å². The van der Waals surface area contributed by atoms with Crippen molar-refractivity contribution in [1.29, 1.82) is 0 Å². The molecule has 14 heavy (non-hydrogen) atoms. The molecule has 0 radical (unpaired) electrons. The standard InChI is InChI=1S/C11H24N2O/c1-10-7-12-8-11(10)9-13(2)5-4-6-14-3/h10-12H,4-9H2,1-3H3. The summed E-state index contributed by atoms with van der Waals surface area (Å²) < 4.78 is 5.04. The normalized spacial score (nSPS) is 27.4. The van der Waals surface area contributed by atoms with Crippen molar-refractivity contribution in [2.45, 2.75) is 13.3 Å². The summed E-state index contributed by atoms with van der Waals surface area (Å²) in [6.45, 7) is 7.97. The van der Waals surface area contributed by atoms with E-state index in [-0.39, 0.29) is 0 Å². The third-order valence-corrected chi connectivity index (χ3v) is 3.11. The summed E-state index contributed by atoms with van der Waals surface area (Å²) >= 11 is 0. The maximum atomic E-state index is 5.04. The molecule has 0 aromatic carbocycles. The van der Waals surface area contributed by atoms with Crippen LogP contribution in [0.2, 0.25) is 0 Å². The predicted molar refractivity (Wildman–Crippen MR) is 59.5 cm³/mol. The van der Waals surface area contributed by atoms with Gasteiger partial charge in [-0.3, -0.25) is 0 Å². The quantitative estimate of drug-likeness (QED) is 0.642. The van der Waals surface area contributed by atoms with Gasteiger partial charge in [0.2, 0.25) is 0 Å². The number of methoxy groups -OCH3 is 1. The molecule has 3 heteroatoms. The second-order valence-electron chi connectivity index (χ2n) is 4.50. The van der Waals surface area contributed by atoms with Crippen molar-refractivity contribution in [1.82, 2.24) is 10.2 Å². The van der Waals surface area contributed by atoms with Gasteiger partial charge in [0, 0.05) is 26.8 Å². The third-order valence-electron chi connectivity index (χ3n) is 3.11. The lowest BCUT2D eigenvalue weighted by Crippen LogP contribution is -2.30. The molecule has 2 atom stereocenters. The van der Waals surface area contributed by atoms with Crippen LogP contribution in [0, 0.1) is 11.8 Å². The summed E-state index contributed by atoms with van der Waals surface area (Å²) in [6, 6.07) is 0. The number of hydrogen-bond acceptors (Lipinski definition) is 3. The molecule has 1 saturated heterocycles. The first kappa shape index (κ1) is 12.0. The highest BCUT2D eigenvalue weighted by molar-refractivity contribution is 4.79. The summed E-state index contributed by atoms with van der Waals surface area (Å²) in [5.41, 5.74) is 0. The van der Waals surface area contributed by atoms with Crippen molar-refractivity contribution in [2.24, 2.45) is 11.8 Å². The summed E-state index contributed by atoms with van der Waals surface area (Å²) in [5, 5.41) is 3.44. The Kier molecular flexibility index (Phi) is 5.45. The van der Waals surface area contributed by atoms with E-state index < -0.39 is 0 Å². The van der Waals surface area contributed by atoms with Gasteiger partial charge in [-0.05, 0) is 38.4 Å². The molecular formula is C11H24N2O. The minimum absolute atomic E-state index is 0.833. The molecule has 2 unspecified atom stereocenters. The topological polar surface area (TPSA) is 24.5 Å². The van der Waals surface area contributed by atoms with Crippen LogP contribution in [0.25, 0.3) is 0 Å². The monoisotopic (exact) mass is 200 g/mol. The molecule has 0 aliphatic carbocycles. The van der Waals surface area contributed by atoms with Crippen molar-refractivity contribution in [3.8, 4) is 0 Å². The van der Waals surface area contributed by atoms with Crippen LogP contribution in [0.1, 0.15) is 13.3 Å². The Balaban J connectivity index is 2.09. The fourth-order valence-corrected chi connectivity index (χ4v) is 2.08. The maximum Gasteiger partial charge on any atom is 0.0474 e. The molecule has 84 valence electrons. The number of nitrogens with one attached hydrogen (secondary N) is 1. The number of rotatable bonds is 6. The summed E-state index contributed by atoms with van der Waals surface area (Å²) in [6.07, 6.45) is 1.14. The first-order valence-electron chi connectivity index (χ1n) is 5.62. The molecule has 0 saturated carbocycles. The smallest absolute Gasteiger partial charge is 0.0474 e. The highest BCUT2D eigenvalue weighted by Gasteiger charge is 2.23. The zero-order valence-corrected chi connectivity index (χ0v) is 9.75. The molecular weight excluding hydrogens is 176 g/mol. The molecule has 1 aliphatic heterocycles. The molecule has 1 fully saturated rings. The van der Waals surface area contributed by atoms with Crippen LogP contribution in [0.3, 0.4) is 0 Å². The fraction of sp³-hybridized carbons (Fsp3) is 1.00. The lowest BCUT2D eigenvalue weighted by Gasteiger charge is -2.22. The molecule has 3 nitrogen and oxygen atoms in total. The van der Waals surface area contributed by atoms with Crippen LogP contribution >= 0.6 is 0 Å². The van der Waals surface area contributed by atoms with Gasteiger partial charge in [-0.25, -0.2) is 0 Å². The van der Waals surface area contributed by atoms with Crippen LogP contribution in [0.15, 0.2) is 0 Å².